The highest BCUT2D eigenvalue weighted by Gasteiger charge is 2.01. The fourth-order valence-corrected chi connectivity index (χ4v) is 2.68. The minimum Gasteiger partial charge on any atom is -0.250 e. The Labute approximate surface area is 110 Å². The minimum atomic E-state index is 0.517. The molecule has 0 amide bonds. The van der Waals surface area contributed by atoms with Crippen LogP contribution < -0.4 is 0 Å². The second kappa shape index (κ2) is 5.03. The van der Waals surface area contributed by atoms with Crippen molar-refractivity contribution in [1.29, 1.82) is 0 Å². The first-order chi connectivity index (χ1) is 7.70. The third-order valence-corrected chi connectivity index (χ3v) is 3.81. The molecule has 2 heterocycles. The van der Waals surface area contributed by atoms with Gasteiger partial charge in [-0.25, -0.2) is 0 Å². The number of aromatic nitrogens is 3. The van der Waals surface area contributed by atoms with Gasteiger partial charge in [0.1, 0.15) is 0 Å². The number of nitrogens with zero attached hydrogens (tertiary/aromatic N) is 3. The zero-order valence-corrected chi connectivity index (χ0v) is 11.7. The molecule has 0 aliphatic heterocycles. The van der Waals surface area contributed by atoms with Crippen LogP contribution in [0.1, 0.15) is 17.6 Å². The van der Waals surface area contributed by atoms with E-state index in [1.54, 1.807) is 22.2 Å². The van der Waals surface area contributed by atoms with E-state index in [0.717, 1.165) is 21.6 Å². The Hall–Kier alpha value is -0.790. The monoisotopic (exact) mass is 316 g/mol. The molecule has 2 aromatic heterocycles. The molecule has 1 N–H and O–H groups in total. The maximum absolute atomic E-state index is 5.09. The third kappa shape index (κ3) is 2.47. The highest BCUT2D eigenvalue weighted by atomic mass is 79.9. The van der Waals surface area contributed by atoms with Gasteiger partial charge in [-0.05, 0) is 34.2 Å². The molecule has 84 valence electrons. The molecule has 0 saturated carbocycles. The Morgan fingerprint density at radius 1 is 1.75 bits per heavy atom. The van der Waals surface area contributed by atoms with Gasteiger partial charge in [0.2, 0.25) is 4.77 Å². The quantitative estimate of drug-likeness (QED) is 0.698. The zero-order valence-electron chi connectivity index (χ0n) is 8.48. The van der Waals surface area contributed by atoms with Crippen molar-refractivity contribution in [3.63, 3.8) is 0 Å². The van der Waals surface area contributed by atoms with Crippen LogP contribution in [0.4, 0.5) is 0 Å². The first-order valence-corrected chi connectivity index (χ1v) is 6.73. The van der Waals surface area contributed by atoms with Gasteiger partial charge in [-0.2, -0.15) is 14.9 Å². The van der Waals surface area contributed by atoms with E-state index in [1.807, 2.05) is 18.4 Å². The Morgan fingerprint density at radius 3 is 3.19 bits per heavy atom. The number of hydrogen-bond acceptors (Lipinski definition) is 4. The van der Waals surface area contributed by atoms with Gasteiger partial charge in [-0.1, -0.05) is 6.92 Å². The number of aryl methyl sites for hydroxylation is 1. The van der Waals surface area contributed by atoms with Crippen LogP contribution in [-0.2, 0) is 6.42 Å². The number of H-pyrrole nitrogens is 1. The van der Waals surface area contributed by atoms with Crippen molar-refractivity contribution in [3.05, 3.63) is 31.4 Å². The van der Waals surface area contributed by atoms with E-state index in [2.05, 4.69) is 31.2 Å². The molecule has 0 fully saturated rings. The number of nitrogens with one attached hydrogen (secondary N) is 1. The summed E-state index contributed by atoms with van der Waals surface area (Å²) in [7, 11) is 0. The van der Waals surface area contributed by atoms with E-state index in [0.29, 0.717) is 4.77 Å². The summed E-state index contributed by atoms with van der Waals surface area (Å²) in [4.78, 5) is 1.07. The molecule has 16 heavy (non-hydrogen) atoms. The van der Waals surface area contributed by atoms with Gasteiger partial charge in [-0.3, -0.25) is 5.10 Å². The van der Waals surface area contributed by atoms with E-state index in [1.165, 1.54) is 0 Å². The molecule has 0 unspecified atom stereocenters. The van der Waals surface area contributed by atoms with Crippen LogP contribution in [0, 0.1) is 4.77 Å². The van der Waals surface area contributed by atoms with Gasteiger partial charge in [0.05, 0.1) is 6.21 Å². The second-order valence-electron chi connectivity index (χ2n) is 3.02. The van der Waals surface area contributed by atoms with Crippen LogP contribution in [0.3, 0.4) is 0 Å². The van der Waals surface area contributed by atoms with Crippen LogP contribution in [0.2, 0.25) is 0 Å². The first-order valence-electron chi connectivity index (χ1n) is 4.65. The third-order valence-electron chi connectivity index (χ3n) is 1.92. The summed E-state index contributed by atoms with van der Waals surface area (Å²) in [5.74, 6) is 0.830. The van der Waals surface area contributed by atoms with Gasteiger partial charge in [-0.15, -0.1) is 11.3 Å². The lowest BCUT2D eigenvalue weighted by atomic mass is 10.5. The number of rotatable bonds is 3. The maximum Gasteiger partial charge on any atom is 0.216 e. The molecule has 0 aliphatic rings. The van der Waals surface area contributed by atoms with Crippen molar-refractivity contribution in [2.24, 2.45) is 5.10 Å². The standard InChI is InChI=1S/C9H9BrN4S2/c1-2-8-12-13-9(15)14(8)11-4-7-3-6(10)5-16-7/h3-5H,2H2,1H3,(H,13,15)/b11-4+. The molecule has 0 radical (unpaired) electrons. The van der Waals surface area contributed by atoms with Gasteiger partial charge < -0.3 is 0 Å². The predicted molar refractivity (Wildman–Crippen MR) is 71.8 cm³/mol. The summed E-state index contributed by atoms with van der Waals surface area (Å²) in [5, 5.41) is 13.1. The summed E-state index contributed by atoms with van der Waals surface area (Å²) >= 11 is 10.1. The zero-order chi connectivity index (χ0) is 11.5. The molecule has 0 spiro atoms. The Kier molecular flexibility index (Phi) is 3.67. The lowest BCUT2D eigenvalue weighted by Crippen LogP contribution is -1.96. The smallest absolute Gasteiger partial charge is 0.216 e. The van der Waals surface area contributed by atoms with Crippen molar-refractivity contribution < 1.29 is 0 Å². The fraction of sp³-hybridized carbons (Fsp3) is 0.222. The molecule has 2 rings (SSSR count). The Balaban J connectivity index is 2.29. The summed E-state index contributed by atoms with van der Waals surface area (Å²) < 4.78 is 3.22. The second-order valence-corrected chi connectivity index (χ2v) is 5.27. The lowest BCUT2D eigenvalue weighted by molar-refractivity contribution is 0.780. The molecular formula is C9H9BrN4S2. The normalized spacial score (nSPS) is 11.4. The average Bonchev–Trinajstić information content (AvgIpc) is 2.82. The summed E-state index contributed by atoms with van der Waals surface area (Å²) in [5.41, 5.74) is 0. The van der Waals surface area contributed by atoms with E-state index in [9.17, 15) is 0 Å². The minimum absolute atomic E-state index is 0.517. The summed E-state index contributed by atoms with van der Waals surface area (Å²) in [6.45, 7) is 2.01. The Bertz CT molecular complexity index is 566. The maximum atomic E-state index is 5.09. The van der Waals surface area contributed by atoms with Crippen LogP contribution in [-0.4, -0.2) is 21.1 Å². The van der Waals surface area contributed by atoms with Crippen LogP contribution in [0.15, 0.2) is 21.0 Å². The predicted octanol–water partition coefficient (Wildman–Crippen LogP) is 3.21. The van der Waals surface area contributed by atoms with Crippen molar-refractivity contribution in [3.8, 4) is 0 Å². The van der Waals surface area contributed by atoms with Gasteiger partial charge in [0.15, 0.2) is 5.82 Å². The summed E-state index contributed by atoms with van der Waals surface area (Å²) in [6.07, 6.45) is 2.57. The average molecular weight is 317 g/mol. The van der Waals surface area contributed by atoms with Crippen molar-refractivity contribution in [1.82, 2.24) is 14.9 Å². The van der Waals surface area contributed by atoms with E-state index in [-0.39, 0.29) is 0 Å². The molecule has 0 bridgehead atoms. The van der Waals surface area contributed by atoms with E-state index in [4.69, 9.17) is 12.2 Å². The van der Waals surface area contributed by atoms with Crippen molar-refractivity contribution >= 4 is 45.7 Å². The summed E-state index contributed by atoms with van der Waals surface area (Å²) in [6, 6.07) is 2.00. The van der Waals surface area contributed by atoms with Crippen LogP contribution >= 0.6 is 39.5 Å². The van der Waals surface area contributed by atoms with Crippen molar-refractivity contribution in [2.45, 2.75) is 13.3 Å². The van der Waals surface area contributed by atoms with Gasteiger partial charge in [0, 0.05) is 21.2 Å². The SMILES string of the molecule is CCc1n[nH]c(=S)n1/N=C/c1cc(Br)cs1. The molecular weight excluding hydrogens is 308 g/mol. The molecule has 4 nitrogen and oxygen atoms in total. The van der Waals surface area contributed by atoms with E-state index < -0.39 is 0 Å². The highest BCUT2D eigenvalue weighted by Crippen LogP contribution is 2.18. The Morgan fingerprint density at radius 2 is 2.56 bits per heavy atom. The largest absolute Gasteiger partial charge is 0.250 e. The molecule has 2 aromatic rings. The first kappa shape index (κ1) is 11.7. The number of aromatic amines is 1. The molecule has 0 aliphatic carbocycles. The topological polar surface area (TPSA) is 46.0 Å². The molecule has 7 heteroatoms. The van der Waals surface area contributed by atoms with Crippen LogP contribution in [0.5, 0.6) is 0 Å². The fourth-order valence-electron chi connectivity index (χ4n) is 1.18. The molecule has 0 atom stereocenters. The van der Waals surface area contributed by atoms with Crippen molar-refractivity contribution in [2.75, 3.05) is 0 Å². The van der Waals surface area contributed by atoms with Gasteiger partial charge >= 0.3 is 0 Å². The number of halogens is 1. The van der Waals surface area contributed by atoms with E-state index >= 15 is 0 Å². The molecule has 0 saturated heterocycles. The van der Waals surface area contributed by atoms with Gasteiger partial charge in [0.25, 0.3) is 0 Å². The van der Waals surface area contributed by atoms with Crippen LogP contribution in [0.25, 0.3) is 0 Å². The number of thiophene rings is 1. The lowest BCUT2D eigenvalue weighted by Gasteiger charge is -1.94. The molecule has 0 aromatic carbocycles. The highest BCUT2D eigenvalue weighted by molar-refractivity contribution is 9.10. The number of hydrogen-bond donors (Lipinski definition) is 1.